The lowest BCUT2D eigenvalue weighted by molar-refractivity contribution is -0.00495. The average Bonchev–Trinajstić information content (AvgIpc) is 2.44. The van der Waals surface area contributed by atoms with Gasteiger partial charge in [0.2, 0.25) is 0 Å². The molecule has 0 saturated heterocycles. The molecule has 2 heteroatoms. The second-order valence-corrected chi connectivity index (χ2v) is 7.95. The van der Waals surface area contributed by atoms with Crippen LogP contribution in [0.5, 0.6) is 0 Å². The minimum Gasteiger partial charge on any atom is -0.377 e. The number of carbonyl (C=O) groups is 1. The number of nitrogens with zero attached hydrogens (tertiary/aromatic N) is 1. The van der Waals surface area contributed by atoms with Crippen LogP contribution >= 0.6 is 0 Å². The molecule has 0 unspecified atom stereocenters. The molecule has 4 fully saturated rings. The maximum Gasteiger partial charge on any atom is 0.152 e. The van der Waals surface area contributed by atoms with E-state index < -0.39 is 0 Å². The Bertz CT molecular complexity index is 540. The number of aldehydes is 1. The molecule has 0 N–H and O–H groups in total. The van der Waals surface area contributed by atoms with Crippen LogP contribution in [0, 0.1) is 17.8 Å². The molecule has 0 heterocycles. The molecule has 1 aromatic carbocycles. The fourth-order valence-corrected chi connectivity index (χ4v) is 6.02. The topological polar surface area (TPSA) is 20.3 Å². The maximum absolute atomic E-state index is 11.5. The van der Waals surface area contributed by atoms with Gasteiger partial charge in [-0.05, 0) is 73.3 Å². The third kappa shape index (κ3) is 1.95. The molecule has 5 rings (SSSR count). The number of hydrogen-bond acceptors (Lipinski definition) is 2. The highest BCUT2D eigenvalue weighted by Crippen LogP contribution is 2.61. The van der Waals surface area contributed by atoms with Crippen LogP contribution in [0.15, 0.2) is 18.2 Å². The molecular formula is C19H25NO. The van der Waals surface area contributed by atoms with E-state index >= 15 is 0 Å². The van der Waals surface area contributed by atoms with E-state index in [1.807, 2.05) is 6.07 Å². The molecule has 4 saturated carbocycles. The Labute approximate surface area is 127 Å². The molecule has 21 heavy (non-hydrogen) atoms. The van der Waals surface area contributed by atoms with E-state index in [0.29, 0.717) is 5.41 Å². The zero-order valence-electron chi connectivity index (χ0n) is 13.1. The standard InChI is InChI=1S/C19H25NO/c1-20(2)18-16(12-21)4-3-5-17(18)19-9-13-6-14(10-19)8-15(7-13)11-19/h3-5,12-15H,6-11H2,1-2H3. The van der Waals surface area contributed by atoms with Crippen LogP contribution in [0.1, 0.15) is 54.4 Å². The van der Waals surface area contributed by atoms with Crippen molar-refractivity contribution in [1.82, 2.24) is 0 Å². The van der Waals surface area contributed by atoms with E-state index in [0.717, 1.165) is 29.6 Å². The van der Waals surface area contributed by atoms with Crippen molar-refractivity contribution in [1.29, 1.82) is 0 Å². The summed E-state index contributed by atoms with van der Waals surface area (Å²) in [5, 5.41) is 0. The molecule has 4 aliphatic carbocycles. The first-order valence-corrected chi connectivity index (χ1v) is 8.37. The van der Waals surface area contributed by atoms with Gasteiger partial charge in [0.1, 0.15) is 0 Å². The number of benzene rings is 1. The van der Waals surface area contributed by atoms with E-state index in [1.165, 1.54) is 49.8 Å². The highest BCUT2D eigenvalue weighted by atomic mass is 16.1. The van der Waals surface area contributed by atoms with Crippen LogP contribution in [0.25, 0.3) is 0 Å². The molecule has 4 aliphatic rings. The molecule has 2 nitrogen and oxygen atoms in total. The summed E-state index contributed by atoms with van der Waals surface area (Å²) in [7, 11) is 4.15. The Hall–Kier alpha value is -1.31. The lowest BCUT2D eigenvalue weighted by atomic mass is 9.48. The normalized spacial score (nSPS) is 36.8. The van der Waals surface area contributed by atoms with Crippen LogP contribution in [0.3, 0.4) is 0 Å². The van der Waals surface area contributed by atoms with Gasteiger partial charge in [-0.1, -0.05) is 12.1 Å². The van der Waals surface area contributed by atoms with Crippen molar-refractivity contribution in [2.75, 3.05) is 19.0 Å². The Morgan fingerprint density at radius 3 is 2.10 bits per heavy atom. The summed E-state index contributed by atoms with van der Waals surface area (Å²) in [5.41, 5.74) is 3.84. The summed E-state index contributed by atoms with van der Waals surface area (Å²) in [5.74, 6) is 2.81. The minimum absolute atomic E-state index is 0.355. The van der Waals surface area contributed by atoms with Crippen molar-refractivity contribution in [2.24, 2.45) is 17.8 Å². The first-order chi connectivity index (χ1) is 10.1. The van der Waals surface area contributed by atoms with Crippen molar-refractivity contribution < 1.29 is 4.79 Å². The Morgan fingerprint density at radius 1 is 1.05 bits per heavy atom. The Balaban J connectivity index is 1.85. The maximum atomic E-state index is 11.5. The van der Waals surface area contributed by atoms with Gasteiger partial charge >= 0.3 is 0 Å². The third-order valence-corrected chi connectivity index (χ3v) is 6.25. The second kappa shape index (κ2) is 4.59. The van der Waals surface area contributed by atoms with Gasteiger partial charge in [-0.15, -0.1) is 0 Å². The summed E-state index contributed by atoms with van der Waals surface area (Å²) in [6.45, 7) is 0. The number of hydrogen-bond donors (Lipinski definition) is 0. The van der Waals surface area contributed by atoms with Gasteiger partial charge in [0.25, 0.3) is 0 Å². The number of anilines is 1. The average molecular weight is 283 g/mol. The largest absolute Gasteiger partial charge is 0.377 e. The molecule has 0 atom stereocenters. The number of carbonyl (C=O) groups excluding carboxylic acids is 1. The lowest BCUT2D eigenvalue weighted by Gasteiger charge is -2.57. The summed E-state index contributed by atoms with van der Waals surface area (Å²) < 4.78 is 0. The predicted octanol–water partition coefficient (Wildman–Crippen LogP) is 4.03. The summed E-state index contributed by atoms with van der Waals surface area (Å²) in [6, 6.07) is 6.35. The van der Waals surface area contributed by atoms with Crippen molar-refractivity contribution in [3.05, 3.63) is 29.3 Å². The highest BCUT2D eigenvalue weighted by molar-refractivity contribution is 5.86. The molecule has 1 aromatic rings. The van der Waals surface area contributed by atoms with E-state index in [2.05, 4.69) is 31.1 Å². The number of rotatable bonds is 3. The Morgan fingerprint density at radius 2 is 1.62 bits per heavy atom. The predicted molar refractivity (Wildman–Crippen MR) is 86.0 cm³/mol. The van der Waals surface area contributed by atoms with Crippen LogP contribution in [-0.2, 0) is 5.41 Å². The first kappa shape index (κ1) is 13.4. The summed E-state index contributed by atoms with van der Waals surface area (Å²) >= 11 is 0. The zero-order valence-corrected chi connectivity index (χ0v) is 13.1. The minimum atomic E-state index is 0.355. The second-order valence-electron chi connectivity index (χ2n) is 7.95. The third-order valence-electron chi connectivity index (χ3n) is 6.25. The molecule has 0 amide bonds. The highest BCUT2D eigenvalue weighted by Gasteiger charge is 2.52. The monoisotopic (exact) mass is 283 g/mol. The van der Waals surface area contributed by atoms with Crippen molar-refractivity contribution in [3.8, 4) is 0 Å². The zero-order chi connectivity index (χ0) is 14.6. The van der Waals surface area contributed by atoms with Crippen molar-refractivity contribution in [3.63, 3.8) is 0 Å². The van der Waals surface area contributed by atoms with Crippen LogP contribution < -0.4 is 4.90 Å². The molecule has 0 radical (unpaired) electrons. The Kier molecular flexibility index (Phi) is 2.92. The summed E-state index contributed by atoms with van der Waals surface area (Å²) in [6.07, 6.45) is 9.46. The SMILES string of the molecule is CN(C)c1c(C=O)cccc1C12CC3CC(CC(C3)C1)C2. The lowest BCUT2D eigenvalue weighted by Crippen LogP contribution is -2.49. The van der Waals surface area contributed by atoms with Crippen molar-refractivity contribution in [2.45, 2.75) is 43.9 Å². The quantitative estimate of drug-likeness (QED) is 0.781. The van der Waals surface area contributed by atoms with E-state index in [9.17, 15) is 4.79 Å². The van der Waals surface area contributed by atoms with Gasteiger partial charge in [0.15, 0.2) is 6.29 Å². The van der Waals surface area contributed by atoms with Gasteiger partial charge in [0.05, 0.1) is 5.69 Å². The van der Waals surface area contributed by atoms with Gasteiger partial charge < -0.3 is 4.90 Å². The first-order valence-electron chi connectivity index (χ1n) is 8.37. The van der Waals surface area contributed by atoms with Gasteiger partial charge in [-0.2, -0.15) is 0 Å². The van der Waals surface area contributed by atoms with E-state index in [1.54, 1.807) is 0 Å². The summed E-state index contributed by atoms with van der Waals surface area (Å²) in [4.78, 5) is 13.6. The van der Waals surface area contributed by atoms with E-state index in [4.69, 9.17) is 0 Å². The molecule has 112 valence electrons. The van der Waals surface area contributed by atoms with E-state index in [-0.39, 0.29) is 0 Å². The van der Waals surface area contributed by atoms with Gasteiger partial charge in [0, 0.05) is 19.7 Å². The molecule has 0 spiro atoms. The number of para-hydroxylation sites is 1. The van der Waals surface area contributed by atoms with Gasteiger partial charge in [-0.3, -0.25) is 4.79 Å². The molecular weight excluding hydrogens is 258 g/mol. The smallest absolute Gasteiger partial charge is 0.152 e. The van der Waals surface area contributed by atoms with Crippen LogP contribution in [0.2, 0.25) is 0 Å². The van der Waals surface area contributed by atoms with Gasteiger partial charge in [-0.25, -0.2) is 0 Å². The van der Waals surface area contributed by atoms with Crippen LogP contribution in [0.4, 0.5) is 5.69 Å². The van der Waals surface area contributed by atoms with Crippen LogP contribution in [-0.4, -0.2) is 20.4 Å². The van der Waals surface area contributed by atoms with Crippen molar-refractivity contribution >= 4 is 12.0 Å². The fourth-order valence-electron chi connectivity index (χ4n) is 6.02. The molecule has 4 bridgehead atoms. The molecule has 0 aromatic heterocycles. The molecule has 0 aliphatic heterocycles. The fraction of sp³-hybridized carbons (Fsp3) is 0.632.